The summed E-state index contributed by atoms with van der Waals surface area (Å²) in [5, 5.41) is 8.52. The van der Waals surface area contributed by atoms with Crippen LogP contribution in [0.2, 0.25) is 0 Å². The topological polar surface area (TPSA) is 40.5 Å². The molecule has 1 aromatic rings. The molecule has 3 nitrogen and oxygen atoms in total. The number of hydrogen-bond acceptors (Lipinski definition) is 2. The highest BCUT2D eigenvalue weighted by Gasteiger charge is 2.22. The van der Waals surface area contributed by atoms with Crippen LogP contribution in [0.15, 0.2) is 24.3 Å². The fourth-order valence-corrected chi connectivity index (χ4v) is 2.06. The molecule has 102 valence electrons. The normalized spacial score (nSPS) is 15.3. The van der Waals surface area contributed by atoms with Gasteiger partial charge in [0.15, 0.2) is 0 Å². The van der Waals surface area contributed by atoms with Crippen LogP contribution in [-0.2, 0) is 11.3 Å². The molecule has 0 atom stereocenters. The van der Waals surface area contributed by atoms with Crippen LogP contribution < -0.4 is 0 Å². The van der Waals surface area contributed by atoms with E-state index in [1.165, 1.54) is 25.0 Å². The van der Waals surface area contributed by atoms with Crippen LogP contribution in [-0.4, -0.2) is 29.6 Å². The Labute approximate surface area is 112 Å². The van der Waals surface area contributed by atoms with Crippen LogP contribution in [0.4, 0.5) is 4.39 Å². The first-order valence-electron chi connectivity index (χ1n) is 6.42. The maximum absolute atomic E-state index is 13.9. The molecule has 1 aliphatic carbocycles. The fourth-order valence-electron chi connectivity index (χ4n) is 2.06. The summed E-state index contributed by atoms with van der Waals surface area (Å²) < 4.78 is 13.9. The summed E-state index contributed by atoms with van der Waals surface area (Å²) in [6.07, 6.45) is 4.97. The van der Waals surface area contributed by atoms with Gasteiger partial charge in [-0.1, -0.05) is 12.1 Å². The Bertz CT molecular complexity index is 495. The van der Waals surface area contributed by atoms with E-state index in [2.05, 4.69) is 4.90 Å². The molecule has 0 bridgehead atoms. The van der Waals surface area contributed by atoms with Crippen LogP contribution in [0.1, 0.15) is 24.0 Å². The first kappa shape index (κ1) is 13.7. The van der Waals surface area contributed by atoms with E-state index < -0.39 is 5.97 Å². The smallest absolute Gasteiger partial charge is 0.328 e. The molecule has 1 N–H and O–H groups in total. The quantitative estimate of drug-likeness (QED) is 0.802. The summed E-state index contributed by atoms with van der Waals surface area (Å²) in [6, 6.07) is 4.84. The molecule has 19 heavy (non-hydrogen) atoms. The van der Waals surface area contributed by atoms with E-state index in [4.69, 9.17) is 5.11 Å². The van der Waals surface area contributed by atoms with Crippen molar-refractivity contribution in [1.29, 1.82) is 0 Å². The van der Waals surface area contributed by atoms with Gasteiger partial charge in [0, 0.05) is 24.7 Å². The van der Waals surface area contributed by atoms with Gasteiger partial charge in [-0.15, -0.1) is 0 Å². The standard InChI is InChI=1S/C15H18FNO2/c1-17(9-12-2-3-12)10-13-6-4-11(8-14(13)16)5-7-15(18)19/h4-8,12H,2-3,9-10H2,1H3,(H,18,19)/b7-5+. The minimum Gasteiger partial charge on any atom is -0.478 e. The molecule has 1 aliphatic rings. The third-order valence-corrected chi connectivity index (χ3v) is 3.20. The van der Waals surface area contributed by atoms with Crippen molar-refractivity contribution in [2.24, 2.45) is 5.92 Å². The SMILES string of the molecule is CN(Cc1ccc(/C=C/C(=O)O)cc1F)CC1CC1. The van der Waals surface area contributed by atoms with Gasteiger partial charge in [0.25, 0.3) is 0 Å². The number of carbonyl (C=O) groups is 1. The Hall–Kier alpha value is -1.68. The molecule has 0 aliphatic heterocycles. The maximum atomic E-state index is 13.9. The van der Waals surface area contributed by atoms with Gasteiger partial charge in [-0.3, -0.25) is 0 Å². The highest BCUT2D eigenvalue weighted by molar-refractivity contribution is 5.85. The van der Waals surface area contributed by atoms with Crippen molar-refractivity contribution in [3.8, 4) is 0 Å². The Balaban J connectivity index is 1.99. The zero-order valence-corrected chi connectivity index (χ0v) is 11.0. The van der Waals surface area contributed by atoms with Gasteiger partial charge in [-0.05, 0) is 43.5 Å². The molecule has 1 saturated carbocycles. The van der Waals surface area contributed by atoms with Gasteiger partial charge in [0.05, 0.1) is 0 Å². The van der Waals surface area contributed by atoms with E-state index >= 15 is 0 Å². The lowest BCUT2D eigenvalue weighted by Crippen LogP contribution is -2.21. The van der Waals surface area contributed by atoms with Crippen molar-refractivity contribution in [2.75, 3.05) is 13.6 Å². The number of rotatable bonds is 6. The second kappa shape index (κ2) is 5.97. The largest absolute Gasteiger partial charge is 0.478 e. The molecule has 0 amide bonds. The summed E-state index contributed by atoms with van der Waals surface area (Å²) >= 11 is 0. The average molecular weight is 263 g/mol. The number of benzene rings is 1. The van der Waals surface area contributed by atoms with E-state index in [-0.39, 0.29) is 5.82 Å². The van der Waals surface area contributed by atoms with Crippen LogP contribution in [0.5, 0.6) is 0 Å². The highest BCUT2D eigenvalue weighted by atomic mass is 19.1. The zero-order chi connectivity index (χ0) is 13.8. The molecule has 4 heteroatoms. The molecule has 1 fully saturated rings. The second-order valence-corrected chi connectivity index (χ2v) is 5.16. The number of halogens is 1. The molecule has 0 saturated heterocycles. The molecular weight excluding hydrogens is 245 g/mol. The molecule has 0 aromatic heterocycles. The van der Waals surface area contributed by atoms with E-state index in [1.807, 2.05) is 7.05 Å². The van der Waals surface area contributed by atoms with Crippen LogP contribution in [0, 0.1) is 11.7 Å². The average Bonchev–Trinajstić information content (AvgIpc) is 3.13. The molecule has 1 aromatic carbocycles. The first-order chi connectivity index (χ1) is 9.04. The van der Waals surface area contributed by atoms with Gasteiger partial charge < -0.3 is 10.0 Å². The lowest BCUT2D eigenvalue weighted by atomic mass is 10.1. The Kier molecular flexibility index (Phi) is 4.32. The van der Waals surface area contributed by atoms with E-state index in [0.717, 1.165) is 18.5 Å². The van der Waals surface area contributed by atoms with Gasteiger partial charge >= 0.3 is 5.97 Å². The summed E-state index contributed by atoms with van der Waals surface area (Å²) in [5.41, 5.74) is 1.21. The van der Waals surface area contributed by atoms with Crippen molar-refractivity contribution in [1.82, 2.24) is 4.90 Å². The lowest BCUT2D eigenvalue weighted by Gasteiger charge is -2.16. The Morgan fingerprint density at radius 2 is 2.26 bits per heavy atom. The molecule has 0 radical (unpaired) electrons. The van der Waals surface area contributed by atoms with Crippen molar-refractivity contribution in [2.45, 2.75) is 19.4 Å². The van der Waals surface area contributed by atoms with Crippen molar-refractivity contribution in [3.63, 3.8) is 0 Å². The van der Waals surface area contributed by atoms with Crippen molar-refractivity contribution < 1.29 is 14.3 Å². The summed E-state index contributed by atoms with van der Waals surface area (Å²) in [4.78, 5) is 12.5. The van der Waals surface area contributed by atoms with E-state index in [0.29, 0.717) is 17.7 Å². The molecule has 2 rings (SSSR count). The van der Waals surface area contributed by atoms with Gasteiger partial charge in [0.2, 0.25) is 0 Å². The first-order valence-corrected chi connectivity index (χ1v) is 6.42. The number of aliphatic carboxylic acids is 1. The number of carboxylic acids is 1. The van der Waals surface area contributed by atoms with E-state index in [9.17, 15) is 9.18 Å². The molecular formula is C15H18FNO2. The Morgan fingerprint density at radius 1 is 1.53 bits per heavy atom. The third-order valence-electron chi connectivity index (χ3n) is 3.20. The second-order valence-electron chi connectivity index (χ2n) is 5.16. The zero-order valence-electron chi connectivity index (χ0n) is 11.0. The van der Waals surface area contributed by atoms with Gasteiger partial charge in [0.1, 0.15) is 5.82 Å². The number of hydrogen-bond donors (Lipinski definition) is 1. The van der Waals surface area contributed by atoms with Crippen LogP contribution in [0.25, 0.3) is 6.08 Å². The highest BCUT2D eigenvalue weighted by Crippen LogP contribution is 2.29. The predicted octanol–water partition coefficient (Wildman–Crippen LogP) is 2.77. The van der Waals surface area contributed by atoms with E-state index in [1.54, 1.807) is 12.1 Å². The molecule has 0 unspecified atom stereocenters. The van der Waals surface area contributed by atoms with Crippen molar-refractivity contribution >= 4 is 12.0 Å². The number of carboxylic acid groups (broad SMARTS) is 1. The van der Waals surface area contributed by atoms with Crippen LogP contribution >= 0.6 is 0 Å². The third kappa shape index (κ3) is 4.48. The minimum absolute atomic E-state index is 0.282. The maximum Gasteiger partial charge on any atom is 0.328 e. The monoisotopic (exact) mass is 263 g/mol. The van der Waals surface area contributed by atoms with Gasteiger partial charge in [-0.25, -0.2) is 9.18 Å². The lowest BCUT2D eigenvalue weighted by molar-refractivity contribution is -0.131. The summed E-state index contributed by atoms with van der Waals surface area (Å²) in [7, 11) is 2.00. The van der Waals surface area contributed by atoms with Crippen LogP contribution in [0.3, 0.4) is 0 Å². The van der Waals surface area contributed by atoms with Crippen molar-refractivity contribution in [3.05, 3.63) is 41.2 Å². The minimum atomic E-state index is -1.03. The fraction of sp³-hybridized carbons (Fsp3) is 0.400. The Morgan fingerprint density at radius 3 is 2.84 bits per heavy atom. The van der Waals surface area contributed by atoms with Gasteiger partial charge in [-0.2, -0.15) is 0 Å². The number of nitrogens with zero attached hydrogens (tertiary/aromatic N) is 1. The summed E-state index contributed by atoms with van der Waals surface area (Å²) in [5.74, 6) is -0.533. The predicted molar refractivity (Wildman–Crippen MR) is 72.1 cm³/mol. The molecule has 0 heterocycles. The molecule has 0 spiro atoms. The summed E-state index contributed by atoms with van der Waals surface area (Å²) in [6.45, 7) is 1.60.